The van der Waals surface area contributed by atoms with Crippen LogP contribution in [0, 0.1) is 0 Å². The number of rotatable bonds is 3. The maximum atomic E-state index is 11.3. The second-order valence-corrected chi connectivity index (χ2v) is 4.00. The quantitative estimate of drug-likeness (QED) is 0.583. The third kappa shape index (κ3) is 3.13. The highest BCUT2D eigenvalue weighted by molar-refractivity contribution is 6.20. The fourth-order valence-electron chi connectivity index (χ4n) is 1.65. The molecule has 0 heterocycles. The molecule has 0 spiro atoms. The molecule has 19 heavy (non-hydrogen) atoms. The van der Waals surface area contributed by atoms with Crippen LogP contribution in [0.3, 0.4) is 0 Å². The lowest BCUT2D eigenvalue weighted by Crippen LogP contribution is -1.99. The molecule has 96 valence electrons. The Morgan fingerprint density at radius 2 is 1.32 bits per heavy atom. The highest BCUT2D eigenvalue weighted by Crippen LogP contribution is 2.22. The van der Waals surface area contributed by atoms with E-state index in [1.54, 1.807) is 12.1 Å². The van der Waals surface area contributed by atoms with Crippen molar-refractivity contribution < 1.29 is 20.1 Å². The van der Waals surface area contributed by atoms with Crippen LogP contribution in [0.5, 0.6) is 11.5 Å². The van der Waals surface area contributed by atoms with Crippen molar-refractivity contribution >= 4 is 17.6 Å². The third-order valence-corrected chi connectivity index (χ3v) is 2.61. The molecule has 0 aromatic heterocycles. The lowest BCUT2D eigenvalue weighted by atomic mass is 10.0. The molecule has 2 aromatic rings. The van der Waals surface area contributed by atoms with Crippen LogP contribution in [-0.2, 0) is 4.79 Å². The van der Waals surface area contributed by atoms with Crippen LogP contribution in [0.25, 0.3) is 11.6 Å². The summed E-state index contributed by atoms with van der Waals surface area (Å²) in [6.07, 6.45) is 1.51. The zero-order chi connectivity index (χ0) is 13.8. The Hall–Kier alpha value is -2.75. The molecule has 2 rings (SSSR count). The second-order valence-electron chi connectivity index (χ2n) is 4.00. The Morgan fingerprint density at radius 1 is 0.842 bits per heavy atom. The maximum absolute atomic E-state index is 11.3. The largest absolute Gasteiger partial charge is 0.508 e. The van der Waals surface area contributed by atoms with E-state index in [1.165, 1.54) is 42.5 Å². The number of aliphatic carboxylic acids is 1. The number of phenolic OH excluding ortho intramolecular Hbond substituents is 2. The monoisotopic (exact) mass is 256 g/mol. The Bertz CT molecular complexity index is 610. The molecule has 0 amide bonds. The van der Waals surface area contributed by atoms with Gasteiger partial charge in [-0.2, -0.15) is 0 Å². The number of hydrogen-bond donors (Lipinski definition) is 3. The summed E-state index contributed by atoms with van der Waals surface area (Å²) < 4.78 is 0. The molecule has 0 unspecified atom stereocenters. The first-order valence-electron chi connectivity index (χ1n) is 5.60. The topological polar surface area (TPSA) is 77.8 Å². The van der Waals surface area contributed by atoms with Gasteiger partial charge in [-0.1, -0.05) is 24.3 Å². The van der Waals surface area contributed by atoms with Gasteiger partial charge in [-0.25, -0.2) is 4.79 Å². The van der Waals surface area contributed by atoms with Gasteiger partial charge in [-0.15, -0.1) is 0 Å². The van der Waals surface area contributed by atoms with Crippen molar-refractivity contribution in [2.75, 3.05) is 0 Å². The molecule has 0 aliphatic heterocycles. The smallest absolute Gasteiger partial charge is 0.336 e. The molecular formula is C15H12O4. The van der Waals surface area contributed by atoms with E-state index in [0.29, 0.717) is 11.1 Å². The number of carboxylic acid groups (broad SMARTS) is 1. The van der Waals surface area contributed by atoms with Gasteiger partial charge in [0.15, 0.2) is 0 Å². The van der Waals surface area contributed by atoms with E-state index in [2.05, 4.69) is 0 Å². The number of benzene rings is 2. The fraction of sp³-hybridized carbons (Fsp3) is 0. The summed E-state index contributed by atoms with van der Waals surface area (Å²) in [5.74, 6) is -0.851. The fourth-order valence-corrected chi connectivity index (χ4v) is 1.65. The molecule has 0 saturated carbocycles. The van der Waals surface area contributed by atoms with Gasteiger partial charge in [0.2, 0.25) is 0 Å². The molecule has 0 bridgehead atoms. The highest BCUT2D eigenvalue weighted by Gasteiger charge is 2.10. The minimum absolute atomic E-state index is 0.0816. The molecule has 0 aliphatic carbocycles. The van der Waals surface area contributed by atoms with E-state index in [4.69, 9.17) is 0 Å². The third-order valence-electron chi connectivity index (χ3n) is 2.61. The summed E-state index contributed by atoms with van der Waals surface area (Å²) in [6.45, 7) is 0. The highest BCUT2D eigenvalue weighted by atomic mass is 16.4. The lowest BCUT2D eigenvalue weighted by molar-refractivity contribution is -0.130. The lowest BCUT2D eigenvalue weighted by Gasteiger charge is -2.03. The summed E-state index contributed by atoms with van der Waals surface area (Å²) in [5.41, 5.74) is 1.28. The first kappa shape index (κ1) is 12.7. The Morgan fingerprint density at radius 3 is 1.79 bits per heavy atom. The van der Waals surface area contributed by atoms with Crippen LogP contribution in [-0.4, -0.2) is 21.3 Å². The zero-order valence-corrected chi connectivity index (χ0v) is 9.95. The first-order chi connectivity index (χ1) is 9.06. The van der Waals surface area contributed by atoms with E-state index in [-0.39, 0.29) is 17.1 Å². The molecule has 0 aliphatic rings. The standard InChI is InChI=1S/C15H12O4/c16-12-5-1-10(2-6-12)9-14(15(18)19)11-3-7-13(17)8-4-11/h1-9,16-17H,(H,18,19)/b14-9-. The van der Waals surface area contributed by atoms with Crippen molar-refractivity contribution in [1.82, 2.24) is 0 Å². The average Bonchev–Trinajstić information content (AvgIpc) is 2.39. The molecule has 4 heteroatoms. The SMILES string of the molecule is O=C(O)/C(=C\c1ccc(O)cc1)c1ccc(O)cc1. The van der Waals surface area contributed by atoms with E-state index < -0.39 is 5.97 Å². The van der Waals surface area contributed by atoms with Crippen LogP contribution in [0.4, 0.5) is 0 Å². The van der Waals surface area contributed by atoms with Gasteiger partial charge in [0, 0.05) is 0 Å². The number of carbonyl (C=O) groups is 1. The summed E-state index contributed by atoms with van der Waals surface area (Å²) in [7, 11) is 0. The van der Waals surface area contributed by atoms with Gasteiger partial charge in [-0.3, -0.25) is 0 Å². The predicted molar refractivity (Wildman–Crippen MR) is 71.7 cm³/mol. The summed E-state index contributed by atoms with van der Waals surface area (Å²) >= 11 is 0. The maximum Gasteiger partial charge on any atom is 0.336 e. The number of hydrogen-bond acceptors (Lipinski definition) is 3. The van der Waals surface area contributed by atoms with E-state index >= 15 is 0 Å². The molecule has 0 radical (unpaired) electrons. The van der Waals surface area contributed by atoms with Gasteiger partial charge in [0.25, 0.3) is 0 Å². The summed E-state index contributed by atoms with van der Waals surface area (Å²) in [5, 5.41) is 27.6. The number of aromatic hydroxyl groups is 2. The van der Waals surface area contributed by atoms with Crippen molar-refractivity contribution in [2.24, 2.45) is 0 Å². The van der Waals surface area contributed by atoms with Gasteiger partial charge < -0.3 is 15.3 Å². The van der Waals surface area contributed by atoms with E-state index in [1.807, 2.05) is 0 Å². The number of carboxylic acids is 1. The van der Waals surface area contributed by atoms with Gasteiger partial charge in [-0.05, 0) is 41.5 Å². The molecule has 2 aromatic carbocycles. The Kier molecular flexibility index (Phi) is 3.52. The van der Waals surface area contributed by atoms with Crippen LogP contribution in [0.1, 0.15) is 11.1 Å². The van der Waals surface area contributed by atoms with Crippen molar-refractivity contribution in [3.05, 3.63) is 59.7 Å². The summed E-state index contributed by atoms with van der Waals surface area (Å²) in [6, 6.07) is 12.2. The van der Waals surface area contributed by atoms with Gasteiger partial charge in [0.05, 0.1) is 5.57 Å². The van der Waals surface area contributed by atoms with Crippen LogP contribution < -0.4 is 0 Å². The van der Waals surface area contributed by atoms with Gasteiger partial charge in [0.1, 0.15) is 11.5 Å². The Balaban J connectivity index is 2.43. The average molecular weight is 256 g/mol. The van der Waals surface area contributed by atoms with Crippen molar-refractivity contribution in [3.8, 4) is 11.5 Å². The molecule has 0 fully saturated rings. The van der Waals surface area contributed by atoms with Crippen LogP contribution in [0.2, 0.25) is 0 Å². The second kappa shape index (κ2) is 5.27. The minimum atomic E-state index is -1.06. The number of phenols is 2. The Labute approximate surface area is 109 Å². The molecule has 0 saturated heterocycles. The predicted octanol–water partition coefficient (Wildman–Crippen LogP) is 2.72. The normalized spacial score (nSPS) is 11.3. The zero-order valence-electron chi connectivity index (χ0n) is 9.95. The van der Waals surface area contributed by atoms with E-state index in [9.17, 15) is 20.1 Å². The van der Waals surface area contributed by atoms with Crippen molar-refractivity contribution in [2.45, 2.75) is 0 Å². The van der Waals surface area contributed by atoms with Gasteiger partial charge >= 0.3 is 5.97 Å². The first-order valence-corrected chi connectivity index (χ1v) is 5.60. The van der Waals surface area contributed by atoms with Crippen LogP contribution in [0.15, 0.2) is 48.5 Å². The summed E-state index contributed by atoms with van der Waals surface area (Å²) in [4.78, 5) is 11.3. The van der Waals surface area contributed by atoms with Crippen molar-refractivity contribution in [3.63, 3.8) is 0 Å². The van der Waals surface area contributed by atoms with Crippen molar-refractivity contribution in [1.29, 1.82) is 0 Å². The molecule has 3 N–H and O–H groups in total. The molecule has 0 atom stereocenters. The molecular weight excluding hydrogens is 244 g/mol. The molecule has 4 nitrogen and oxygen atoms in total. The minimum Gasteiger partial charge on any atom is -0.508 e. The van der Waals surface area contributed by atoms with Crippen LogP contribution >= 0.6 is 0 Å². The van der Waals surface area contributed by atoms with E-state index in [0.717, 1.165) is 0 Å².